The summed E-state index contributed by atoms with van der Waals surface area (Å²) in [6.45, 7) is 3.10. The van der Waals surface area contributed by atoms with Gasteiger partial charge in [-0.3, -0.25) is 4.79 Å². The van der Waals surface area contributed by atoms with Gasteiger partial charge in [0.2, 0.25) is 11.8 Å². The maximum Gasteiger partial charge on any atom is 0.250 e. The van der Waals surface area contributed by atoms with Gasteiger partial charge in [0.15, 0.2) is 17.9 Å². The van der Waals surface area contributed by atoms with Crippen LogP contribution in [0, 0.1) is 25.5 Å². The first-order valence-corrected chi connectivity index (χ1v) is 6.85. The minimum atomic E-state index is -0.620. The molecule has 130 valence electrons. The molecular weight excluding hydrogens is 322 g/mol. The fourth-order valence-electron chi connectivity index (χ4n) is 1.74. The lowest BCUT2D eigenvalue weighted by atomic mass is 10.2. The van der Waals surface area contributed by atoms with E-state index in [1.165, 1.54) is 20.3 Å². The molecule has 2 aromatic heterocycles. The Morgan fingerprint density at radius 2 is 1.54 bits per heavy atom. The van der Waals surface area contributed by atoms with E-state index in [0.717, 1.165) is 6.07 Å². The van der Waals surface area contributed by atoms with Crippen molar-refractivity contribution in [3.05, 3.63) is 46.3 Å². The van der Waals surface area contributed by atoms with Crippen LogP contribution >= 0.6 is 0 Å². The zero-order chi connectivity index (χ0) is 18.3. The van der Waals surface area contributed by atoms with Crippen LogP contribution in [0.4, 0.5) is 8.78 Å². The Balaban J connectivity index is 0.000000240. The molecule has 0 fully saturated rings. The Hall–Kier alpha value is -2.61. The molecule has 0 aromatic carbocycles. The fourth-order valence-corrected chi connectivity index (χ4v) is 1.74. The van der Waals surface area contributed by atoms with E-state index in [1.807, 2.05) is 0 Å². The van der Waals surface area contributed by atoms with Crippen LogP contribution in [0.3, 0.4) is 0 Å². The van der Waals surface area contributed by atoms with Crippen LogP contribution in [0.15, 0.2) is 12.1 Å². The Morgan fingerprint density at radius 3 is 2.00 bits per heavy atom. The number of hydrogen-bond acceptors (Lipinski definition) is 6. The van der Waals surface area contributed by atoms with E-state index in [0.29, 0.717) is 23.2 Å². The minimum absolute atomic E-state index is 0.0373. The van der Waals surface area contributed by atoms with Crippen LogP contribution < -0.4 is 9.47 Å². The van der Waals surface area contributed by atoms with Crippen LogP contribution in [0.2, 0.25) is 0 Å². The molecule has 2 heterocycles. The van der Waals surface area contributed by atoms with Gasteiger partial charge in [-0.05, 0) is 26.0 Å². The third-order valence-electron chi connectivity index (χ3n) is 3.10. The summed E-state index contributed by atoms with van der Waals surface area (Å²) in [6, 6.07) is 2.33. The zero-order valence-electron chi connectivity index (χ0n) is 13.8. The summed E-state index contributed by atoms with van der Waals surface area (Å²) in [5.74, 6) is -1.29. The first kappa shape index (κ1) is 19.4. The van der Waals surface area contributed by atoms with Gasteiger partial charge in [-0.15, -0.1) is 0 Å². The average molecular weight is 340 g/mol. The number of nitrogens with zero attached hydrogens (tertiary/aromatic N) is 2. The Bertz CT molecular complexity index is 694. The van der Waals surface area contributed by atoms with Crippen molar-refractivity contribution in [2.45, 2.75) is 20.5 Å². The molecule has 24 heavy (non-hydrogen) atoms. The number of pyridine rings is 2. The van der Waals surface area contributed by atoms with Crippen LogP contribution in [0.5, 0.6) is 11.8 Å². The third kappa shape index (κ3) is 4.69. The summed E-state index contributed by atoms with van der Waals surface area (Å²) in [7, 11) is 2.68. The molecule has 2 rings (SSSR count). The van der Waals surface area contributed by atoms with Gasteiger partial charge in [-0.2, -0.15) is 0 Å². The molecular formula is C16H18F2N2O4. The molecule has 0 spiro atoms. The summed E-state index contributed by atoms with van der Waals surface area (Å²) >= 11 is 0. The molecule has 1 N–H and O–H groups in total. The van der Waals surface area contributed by atoms with Gasteiger partial charge in [-0.25, -0.2) is 18.7 Å². The van der Waals surface area contributed by atoms with Gasteiger partial charge < -0.3 is 14.6 Å². The number of aldehydes is 1. The highest BCUT2D eigenvalue weighted by Crippen LogP contribution is 2.17. The number of methoxy groups -OCH3 is 2. The van der Waals surface area contributed by atoms with Crippen molar-refractivity contribution >= 4 is 6.29 Å². The number of carbonyl (C=O) groups excluding carboxylic acids is 1. The van der Waals surface area contributed by atoms with Crippen molar-refractivity contribution in [1.82, 2.24) is 9.97 Å². The standard InChI is InChI=1S/C8H10FNO2.C8H8FNO2/c2*1-5-6(4-11)3-7(9)8(10-5)12-2/h3,11H,4H2,1-2H3;3-4H,1-2H3. The monoisotopic (exact) mass is 340 g/mol. The molecule has 0 amide bonds. The summed E-state index contributed by atoms with van der Waals surface area (Å²) in [4.78, 5) is 17.9. The number of carbonyl (C=O) groups is 1. The highest BCUT2D eigenvalue weighted by Gasteiger charge is 2.08. The Labute approximate surface area is 138 Å². The van der Waals surface area contributed by atoms with Gasteiger partial charge in [0.1, 0.15) is 0 Å². The summed E-state index contributed by atoms with van der Waals surface area (Å²) in [5, 5.41) is 8.76. The predicted molar refractivity (Wildman–Crippen MR) is 82.3 cm³/mol. The van der Waals surface area contributed by atoms with Crippen molar-refractivity contribution in [3.8, 4) is 11.8 Å². The molecule has 0 saturated heterocycles. The SMILES string of the molecule is COc1nc(C)c(C=O)cc1F.COc1nc(C)c(CO)cc1F. The van der Waals surface area contributed by atoms with Gasteiger partial charge in [0.05, 0.1) is 26.5 Å². The second-order valence-corrected chi connectivity index (χ2v) is 4.65. The quantitative estimate of drug-likeness (QED) is 0.861. The highest BCUT2D eigenvalue weighted by molar-refractivity contribution is 5.76. The van der Waals surface area contributed by atoms with Crippen molar-refractivity contribution in [3.63, 3.8) is 0 Å². The largest absolute Gasteiger partial charge is 0.479 e. The maximum atomic E-state index is 12.9. The molecule has 8 heteroatoms. The smallest absolute Gasteiger partial charge is 0.250 e. The molecule has 6 nitrogen and oxygen atoms in total. The van der Waals surface area contributed by atoms with Crippen molar-refractivity contribution < 1.29 is 28.2 Å². The minimum Gasteiger partial charge on any atom is -0.479 e. The molecule has 0 saturated carbocycles. The summed E-state index contributed by atoms with van der Waals surface area (Å²) in [6.07, 6.45) is 0.560. The first-order chi connectivity index (χ1) is 11.4. The topological polar surface area (TPSA) is 81.5 Å². The van der Waals surface area contributed by atoms with Gasteiger partial charge >= 0.3 is 0 Å². The van der Waals surface area contributed by atoms with E-state index in [4.69, 9.17) is 5.11 Å². The number of aromatic nitrogens is 2. The number of halogens is 2. The predicted octanol–water partition coefficient (Wildman–Crippen LogP) is 2.38. The van der Waals surface area contributed by atoms with Gasteiger partial charge in [0, 0.05) is 16.8 Å². The molecule has 0 bridgehead atoms. The van der Waals surface area contributed by atoms with Gasteiger partial charge in [0.25, 0.3) is 0 Å². The lowest BCUT2D eigenvalue weighted by Crippen LogP contribution is -1.99. The Kier molecular flexibility index (Phi) is 7.19. The normalized spacial score (nSPS) is 9.79. The van der Waals surface area contributed by atoms with Crippen LogP contribution in [0.25, 0.3) is 0 Å². The first-order valence-electron chi connectivity index (χ1n) is 6.85. The molecule has 0 aliphatic carbocycles. The molecule has 0 atom stereocenters. The van der Waals surface area contributed by atoms with E-state index in [-0.39, 0.29) is 23.9 Å². The van der Waals surface area contributed by atoms with E-state index >= 15 is 0 Å². The third-order valence-corrected chi connectivity index (χ3v) is 3.10. The number of aryl methyl sites for hydroxylation is 2. The van der Waals surface area contributed by atoms with Gasteiger partial charge in [-0.1, -0.05) is 0 Å². The molecule has 0 unspecified atom stereocenters. The van der Waals surface area contributed by atoms with E-state index in [2.05, 4.69) is 19.4 Å². The van der Waals surface area contributed by atoms with E-state index in [1.54, 1.807) is 13.8 Å². The second-order valence-electron chi connectivity index (χ2n) is 4.65. The lowest BCUT2D eigenvalue weighted by Gasteiger charge is -2.05. The zero-order valence-corrected chi connectivity index (χ0v) is 13.8. The lowest BCUT2D eigenvalue weighted by molar-refractivity contribution is 0.112. The van der Waals surface area contributed by atoms with Crippen LogP contribution in [0.1, 0.15) is 27.3 Å². The van der Waals surface area contributed by atoms with Crippen molar-refractivity contribution in [2.24, 2.45) is 0 Å². The van der Waals surface area contributed by atoms with E-state index in [9.17, 15) is 13.6 Å². The number of hydrogen-bond donors (Lipinski definition) is 1. The molecule has 0 aliphatic heterocycles. The Morgan fingerprint density at radius 1 is 1.04 bits per heavy atom. The van der Waals surface area contributed by atoms with E-state index < -0.39 is 11.6 Å². The number of ether oxygens (including phenoxy) is 2. The molecule has 0 radical (unpaired) electrons. The fraction of sp³-hybridized carbons (Fsp3) is 0.312. The molecule has 2 aromatic rings. The number of aliphatic hydroxyl groups excluding tert-OH is 1. The van der Waals surface area contributed by atoms with Crippen molar-refractivity contribution in [2.75, 3.05) is 14.2 Å². The average Bonchev–Trinajstić information content (AvgIpc) is 2.58. The number of aliphatic hydroxyl groups is 1. The molecule has 0 aliphatic rings. The summed E-state index contributed by atoms with van der Waals surface area (Å²) in [5.41, 5.74) is 1.76. The number of rotatable bonds is 4. The summed E-state index contributed by atoms with van der Waals surface area (Å²) < 4.78 is 35.1. The van der Waals surface area contributed by atoms with Crippen molar-refractivity contribution in [1.29, 1.82) is 0 Å². The van der Waals surface area contributed by atoms with Crippen LogP contribution in [-0.4, -0.2) is 35.6 Å². The maximum absolute atomic E-state index is 12.9. The highest BCUT2D eigenvalue weighted by atomic mass is 19.1. The second kappa shape index (κ2) is 8.88. The van der Waals surface area contributed by atoms with Crippen LogP contribution in [-0.2, 0) is 6.61 Å².